The molecule has 0 aromatic heterocycles. The molecule has 0 amide bonds. The summed E-state index contributed by atoms with van der Waals surface area (Å²) in [4.78, 5) is 72.6. The third kappa shape index (κ3) is 65.4. The van der Waals surface area contributed by atoms with E-state index in [9.17, 15) is 43.2 Å². The summed E-state index contributed by atoms with van der Waals surface area (Å²) in [5.41, 5.74) is 0. The summed E-state index contributed by atoms with van der Waals surface area (Å²) in [5, 5.41) is 10.6. The zero-order chi connectivity index (χ0) is 68.2. The van der Waals surface area contributed by atoms with Gasteiger partial charge in [-0.3, -0.25) is 37.3 Å². The van der Waals surface area contributed by atoms with E-state index in [1.807, 2.05) is 0 Å². The van der Waals surface area contributed by atoms with Gasteiger partial charge in [0, 0.05) is 25.7 Å². The minimum atomic E-state index is -4.95. The molecule has 0 aliphatic carbocycles. The van der Waals surface area contributed by atoms with Gasteiger partial charge in [0.2, 0.25) is 0 Å². The first kappa shape index (κ1) is 90.1. The van der Waals surface area contributed by atoms with E-state index >= 15 is 0 Å². The standard InChI is InChI=1S/C73H142O17P2/c1-9-66(8)52-44-36-27-23-24-30-40-48-56-73(78)90-68(59-83-70(75)53-45-37-28-21-17-15-13-11-10-12-14-16-19-25-33-41-49-63(2)3)61-87-91(79,80)85-57-67(74)58-86-92(81,82)88-62-69(60-84-71(76)54-46-38-32-31-35-43-51-65(6)7)89-72(77)55-47-39-29-22-18-20-26-34-42-50-64(4)5/h63-69,74H,9-62H2,1-8H3,(H,79,80)(H,81,82)/t66?,67-,68-,69-/m1/s1. The Morgan fingerprint density at radius 2 is 0.522 bits per heavy atom. The van der Waals surface area contributed by atoms with E-state index in [1.165, 1.54) is 161 Å². The van der Waals surface area contributed by atoms with Crippen molar-refractivity contribution in [1.82, 2.24) is 0 Å². The number of rotatable bonds is 70. The van der Waals surface area contributed by atoms with Crippen molar-refractivity contribution < 1.29 is 80.2 Å². The number of hydrogen-bond acceptors (Lipinski definition) is 15. The third-order valence-electron chi connectivity index (χ3n) is 17.2. The maximum Gasteiger partial charge on any atom is 0.472 e. The SMILES string of the molecule is CCC(C)CCCCCCCCCCC(=O)O[C@H](COC(=O)CCCCCCCCCCCCCCCCCCC(C)C)COP(=O)(O)OC[C@@H](O)COP(=O)(O)OC[C@@H](COC(=O)CCCCCCCCC(C)C)OC(=O)CCCCCCCCCCCC(C)C. The number of unbranched alkanes of at least 4 members (excludes halogenated alkanes) is 35. The molecule has 0 saturated carbocycles. The molecule has 546 valence electrons. The van der Waals surface area contributed by atoms with Crippen molar-refractivity contribution in [2.75, 3.05) is 39.6 Å². The number of esters is 4. The summed E-state index contributed by atoms with van der Waals surface area (Å²) >= 11 is 0. The molecule has 0 heterocycles. The van der Waals surface area contributed by atoms with Crippen molar-refractivity contribution in [3.05, 3.63) is 0 Å². The van der Waals surface area contributed by atoms with Crippen LogP contribution in [0.1, 0.15) is 364 Å². The van der Waals surface area contributed by atoms with Crippen LogP contribution < -0.4 is 0 Å². The van der Waals surface area contributed by atoms with Crippen LogP contribution in [0.3, 0.4) is 0 Å². The molecule has 0 aromatic carbocycles. The van der Waals surface area contributed by atoms with E-state index < -0.39 is 97.5 Å². The monoisotopic (exact) mass is 1350 g/mol. The van der Waals surface area contributed by atoms with E-state index in [0.29, 0.717) is 31.6 Å². The van der Waals surface area contributed by atoms with Gasteiger partial charge in [-0.2, -0.15) is 0 Å². The second-order valence-corrected chi connectivity index (χ2v) is 30.9. The fourth-order valence-electron chi connectivity index (χ4n) is 11.0. The molecule has 3 unspecified atom stereocenters. The lowest BCUT2D eigenvalue weighted by Gasteiger charge is -2.21. The molecule has 17 nitrogen and oxygen atoms in total. The van der Waals surface area contributed by atoms with Crippen LogP contribution in [0, 0.1) is 23.7 Å². The molecule has 0 aliphatic rings. The fourth-order valence-corrected chi connectivity index (χ4v) is 12.6. The van der Waals surface area contributed by atoms with E-state index in [0.717, 1.165) is 114 Å². The summed E-state index contributed by atoms with van der Waals surface area (Å²) < 4.78 is 68.3. The third-order valence-corrected chi connectivity index (χ3v) is 19.1. The Kier molecular flexibility index (Phi) is 61.3. The molecule has 0 radical (unpaired) electrons. The Morgan fingerprint density at radius 1 is 0.304 bits per heavy atom. The highest BCUT2D eigenvalue weighted by molar-refractivity contribution is 7.47. The molecule has 6 atom stereocenters. The highest BCUT2D eigenvalue weighted by atomic mass is 31.2. The number of aliphatic hydroxyl groups is 1. The zero-order valence-corrected chi connectivity index (χ0v) is 62.0. The van der Waals surface area contributed by atoms with Crippen LogP contribution in [0.4, 0.5) is 0 Å². The second kappa shape index (κ2) is 62.6. The van der Waals surface area contributed by atoms with Crippen molar-refractivity contribution in [3.8, 4) is 0 Å². The number of ether oxygens (including phenoxy) is 4. The number of aliphatic hydroxyl groups excluding tert-OH is 1. The van der Waals surface area contributed by atoms with Gasteiger partial charge in [-0.15, -0.1) is 0 Å². The van der Waals surface area contributed by atoms with Gasteiger partial charge in [-0.1, -0.05) is 312 Å². The summed E-state index contributed by atoms with van der Waals surface area (Å²) in [6.07, 6.45) is 46.0. The Labute approximate surface area is 562 Å². The maximum atomic E-state index is 13.0. The quantitative estimate of drug-likeness (QED) is 0.0222. The van der Waals surface area contributed by atoms with Gasteiger partial charge in [0.15, 0.2) is 12.2 Å². The number of carbonyl (C=O) groups excluding carboxylic acids is 4. The van der Waals surface area contributed by atoms with Crippen LogP contribution in [-0.2, 0) is 65.4 Å². The van der Waals surface area contributed by atoms with Crippen LogP contribution in [-0.4, -0.2) is 96.7 Å². The number of phosphoric acid groups is 2. The van der Waals surface area contributed by atoms with E-state index in [1.54, 1.807) is 0 Å². The topological polar surface area (TPSA) is 237 Å². The Morgan fingerprint density at radius 3 is 0.772 bits per heavy atom. The van der Waals surface area contributed by atoms with Gasteiger partial charge < -0.3 is 33.8 Å². The summed E-state index contributed by atoms with van der Waals surface area (Å²) in [5.74, 6) is 0.869. The lowest BCUT2D eigenvalue weighted by Crippen LogP contribution is -2.30. The van der Waals surface area contributed by atoms with Crippen LogP contribution >= 0.6 is 15.6 Å². The van der Waals surface area contributed by atoms with Crippen molar-refractivity contribution in [3.63, 3.8) is 0 Å². The first-order valence-corrected chi connectivity index (χ1v) is 40.7. The molecule has 92 heavy (non-hydrogen) atoms. The maximum absolute atomic E-state index is 13.0. The van der Waals surface area contributed by atoms with Crippen molar-refractivity contribution >= 4 is 39.5 Å². The Balaban J connectivity index is 5.20. The summed E-state index contributed by atoms with van der Waals surface area (Å²) in [7, 11) is -9.91. The number of hydrogen-bond donors (Lipinski definition) is 3. The fraction of sp³-hybridized carbons (Fsp3) is 0.945. The molecule has 0 aromatic rings. The number of phosphoric ester groups is 2. The van der Waals surface area contributed by atoms with Gasteiger partial charge in [-0.25, -0.2) is 9.13 Å². The van der Waals surface area contributed by atoms with Crippen molar-refractivity contribution in [1.29, 1.82) is 0 Å². The van der Waals surface area contributed by atoms with Crippen LogP contribution in [0.5, 0.6) is 0 Å². The minimum absolute atomic E-state index is 0.104. The molecule has 0 bridgehead atoms. The van der Waals surface area contributed by atoms with Gasteiger partial charge >= 0.3 is 39.5 Å². The molecule has 0 rings (SSSR count). The Bertz CT molecular complexity index is 1820. The van der Waals surface area contributed by atoms with Crippen molar-refractivity contribution in [2.24, 2.45) is 23.7 Å². The molecular formula is C73H142O17P2. The Hall–Kier alpha value is -1.94. The predicted molar refractivity (Wildman–Crippen MR) is 372 cm³/mol. The molecule has 0 fully saturated rings. The minimum Gasteiger partial charge on any atom is -0.462 e. The molecule has 0 aliphatic heterocycles. The summed E-state index contributed by atoms with van der Waals surface area (Å²) in [6, 6.07) is 0. The molecule has 19 heteroatoms. The predicted octanol–water partition coefficient (Wildman–Crippen LogP) is 20.9. The van der Waals surface area contributed by atoms with Crippen LogP contribution in [0.15, 0.2) is 0 Å². The highest BCUT2D eigenvalue weighted by Crippen LogP contribution is 2.45. The van der Waals surface area contributed by atoms with Crippen LogP contribution in [0.25, 0.3) is 0 Å². The van der Waals surface area contributed by atoms with E-state index in [4.69, 9.17) is 37.0 Å². The largest absolute Gasteiger partial charge is 0.472 e. The van der Waals surface area contributed by atoms with Crippen LogP contribution in [0.2, 0.25) is 0 Å². The molecular weight excluding hydrogens is 1210 g/mol. The normalized spacial score (nSPS) is 14.5. The van der Waals surface area contributed by atoms with Gasteiger partial charge in [-0.05, 0) is 49.4 Å². The average Bonchev–Trinajstić information content (AvgIpc) is 3.53. The highest BCUT2D eigenvalue weighted by Gasteiger charge is 2.30. The molecule has 3 N–H and O–H groups in total. The zero-order valence-electron chi connectivity index (χ0n) is 60.2. The number of carbonyl (C=O) groups is 4. The van der Waals surface area contributed by atoms with Gasteiger partial charge in [0.1, 0.15) is 19.3 Å². The smallest absolute Gasteiger partial charge is 0.462 e. The first-order valence-electron chi connectivity index (χ1n) is 37.7. The first-order chi connectivity index (χ1) is 44.1. The lowest BCUT2D eigenvalue weighted by molar-refractivity contribution is -0.161. The van der Waals surface area contributed by atoms with E-state index in [2.05, 4.69) is 55.4 Å². The van der Waals surface area contributed by atoms with Gasteiger partial charge in [0.25, 0.3) is 0 Å². The second-order valence-electron chi connectivity index (χ2n) is 28.0. The lowest BCUT2D eigenvalue weighted by atomic mass is 9.99. The van der Waals surface area contributed by atoms with E-state index in [-0.39, 0.29) is 25.7 Å². The molecule has 0 saturated heterocycles. The molecule has 0 spiro atoms. The van der Waals surface area contributed by atoms with Crippen molar-refractivity contribution in [2.45, 2.75) is 382 Å². The van der Waals surface area contributed by atoms with Gasteiger partial charge in [0.05, 0.1) is 26.4 Å². The summed E-state index contributed by atoms with van der Waals surface area (Å²) in [6.45, 7) is 14.1. The average molecular weight is 1350 g/mol.